The molecule has 1 aromatic carbocycles. The highest BCUT2D eigenvalue weighted by molar-refractivity contribution is 5.66. The molecule has 1 aromatic rings. The number of ether oxygens (including phenoxy) is 2. The van der Waals surface area contributed by atoms with Crippen molar-refractivity contribution in [3.05, 3.63) is 18.2 Å². The van der Waals surface area contributed by atoms with Gasteiger partial charge in [-0.25, -0.2) is 0 Å². The highest BCUT2D eigenvalue weighted by Crippen LogP contribution is 2.40. The number of anilines is 1. The number of nitrogens with zero attached hydrogens (tertiary/aromatic N) is 1. The van der Waals surface area contributed by atoms with Crippen molar-refractivity contribution < 1.29 is 9.47 Å². The van der Waals surface area contributed by atoms with Gasteiger partial charge in [-0.05, 0) is 18.6 Å². The minimum absolute atomic E-state index is 0.538. The van der Waals surface area contributed by atoms with Crippen LogP contribution in [0.4, 0.5) is 5.69 Å². The molecule has 1 N–H and O–H groups in total. The van der Waals surface area contributed by atoms with Gasteiger partial charge in [0.15, 0.2) is 11.5 Å². The van der Waals surface area contributed by atoms with Crippen molar-refractivity contribution in [2.24, 2.45) is 0 Å². The predicted octanol–water partition coefficient (Wildman–Crippen LogP) is 1.65. The van der Waals surface area contributed by atoms with Crippen LogP contribution in [-0.2, 0) is 0 Å². The van der Waals surface area contributed by atoms with E-state index in [2.05, 4.69) is 29.3 Å². The Morgan fingerprint density at radius 3 is 3.11 bits per heavy atom. The first kappa shape index (κ1) is 11.7. The second-order valence-corrected chi connectivity index (χ2v) is 4.76. The molecule has 2 aliphatic heterocycles. The lowest BCUT2D eigenvalue weighted by Crippen LogP contribution is -2.51. The van der Waals surface area contributed by atoms with Crippen LogP contribution in [-0.4, -0.2) is 38.9 Å². The number of benzene rings is 1. The van der Waals surface area contributed by atoms with Crippen LogP contribution in [0.15, 0.2) is 18.2 Å². The van der Waals surface area contributed by atoms with E-state index in [1.807, 2.05) is 6.07 Å². The number of fused-ring (bicyclic) bond motifs is 1. The number of para-hydroxylation sites is 1. The molecule has 0 saturated carbocycles. The number of hydrogen-bond donors (Lipinski definition) is 1. The normalized spacial score (nSPS) is 22.9. The molecule has 18 heavy (non-hydrogen) atoms. The minimum atomic E-state index is 0.538. The third kappa shape index (κ3) is 2.01. The summed E-state index contributed by atoms with van der Waals surface area (Å²) in [5.74, 6) is 1.80. The second kappa shape index (κ2) is 5.06. The van der Waals surface area contributed by atoms with Crippen molar-refractivity contribution in [2.45, 2.75) is 19.4 Å². The van der Waals surface area contributed by atoms with Crippen molar-refractivity contribution in [1.29, 1.82) is 0 Å². The van der Waals surface area contributed by atoms with Crippen LogP contribution in [0, 0.1) is 0 Å². The molecule has 1 saturated heterocycles. The molecule has 0 aliphatic carbocycles. The van der Waals surface area contributed by atoms with Crippen molar-refractivity contribution in [3.63, 3.8) is 0 Å². The van der Waals surface area contributed by atoms with Crippen LogP contribution >= 0.6 is 0 Å². The number of hydrogen-bond acceptors (Lipinski definition) is 4. The summed E-state index contributed by atoms with van der Waals surface area (Å²) in [6.45, 7) is 6.62. The first-order chi connectivity index (χ1) is 8.90. The van der Waals surface area contributed by atoms with E-state index in [-0.39, 0.29) is 0 Å². The van der Waals surface area contributed by atoms with E-state index in [4.69, 9.17) is 9.47 Å². The summed E-state index contributed by atoms with van der Waals surface area (Å²) in [5, 5.41) is 3.45. The third-order valence-electron chi connectivity index (χ3n) is 3.68. The van der Waals surface area contributed by atoms with Gasteiger partial charge in [0.05, 0.1) is 5.69 Å². The SMILES string of the molecule is CCC1CNCCN1c1cccc2c1OCCO2. The van der Waals surface area contributed by atoms with E-state index in [1.165, 1.54) is 5.69 Å². The Balaban J connectivity index is 1.95. The van der Waals surface area contributed by atoms with Crippen LogP contribution in [0.25, 0.3) is 0 Å². The first-order valence-corrected chi connectivity index (χ1v) is 6.76. The molecule has 2 aliphatic rings. The quantitative estimate of drug-likeness (QED) is 0.863. The molecular formula is C14H20N2O2. The predicted molar refractivity (Wildman–Crippen MR) is 71.7 cm³/mol. The van der Waals surface area contributed by atoms with Gasteiger partial charge in [0, 0.05) is 25.7 Å². The third-order valence-corrected chi connectivity index (χ3v) is 3.68. The van der Waals surface area contributed by atoms with Gasteiger partial charge in [0.1, 0.15) is 13.2 Å². The van der Waals surface area contributed by atoms with E-state index in [1.54, 1.807) is 0 Å². The molecule has 98 valence electrons. The number of rotatable bonds is 2. The molecule has 4 heteroatoms. The van der Waals surface area contributed by atoms with E-state index in [0.717, 1.165) is 37.6 Å². The van der Waals surface area contributed by atoms with Gasteiger partial charge in [-0.15, -0.1) is 0 Å². The maximum atomic E-state index is 5.81. The molecule has 0 bridgehead atoms. The number of nitrogens with one attached hydrogen (secondary N) is 1. The van der Waals surface area contributed by atoms with Gasteiger partial charge in [-0.3, -0.25) is 0 Å². The standard InChI is InChI=1S/C14H20N2O2/c1-2-11-10-15-6-7-16(11)12-4-3-5-13-14(12)18-9-8-17-13/h3-5,11,15H,2,6-10H2,1H3. The summed E-state index contributed by atoms with van der Waals surface area (Å²) < 4.78 is 11.5. The zero-order chi connectivity index (χ0) is 12.4. The average Bonchev–Trinajstić information content (AvgIpc) is 2.46. The van der Waals surface area contributed by atoms with Gasteiger partial charge >= 0.3 is 0 Å². The molecule has 0 amide bonds. The van der Waals surface area contributed by atoms with E-state index in [0.29, 0.717) is 19.3 Å². The summed E-state index contributed by atoms with van der Waals surface area (Å²) in [5.41, 5.74) is 1.18. The molecule has 4 nitrogen and oxygen atoms in total. The van der Waals surface area contributed by atoms with E-state index >= 15 is 0 Å². The Morgan fingerprint density at radius 2 is 2.22 bits per heavy atom. The summed E-state index contributed by atoms with van der Waals surface area (Å²) in [6.07, 6.45) is 1.14. The largest absolute Gasteiger partial charge is 0.486 e. The maximum absolute atomic E-state index is 5.81. The summed E-state index contributed by atoms with van der Waals surface area (Å²) in [7, 11) is 0. The minimum Gasteiger partial charge on any atom is -0.486 e. The van der Waals surface area contributed by atoms with Crippen molar-refractivity contribution in [2.75, 3.05) is 37.7 Å². The molecule has 3 rings (SSSR count). The Kier molecular flexibility index (Phi) is 3.28. The first-order valence-electron chi connectivity index (χ1n) is 6.76. The van der Waals surface area contributed by atoms with Gasteiger partial charge in [-0.2, -0.15) is 0 Å². The van der Waals surface area contributed by atoms with Crippen molar-refractivity contribution in [3.8, 4) is 11.5 Å². The van der Waals surface area contributed by atoms with Crippen molar-refractivity contribution >= 4 is 5.69 Å². The molecule has 1 unspecified atom stereocenters. The summed E-state index contributed by atoms with van der Waals surface area (Å²) >= 11 is 0. The lowest BCUT2D eigenvalue weighted by atomic mass is 10.1. The Bertz CT molecular complexity index is 422. The maximum Gasteiger partial charge on any atom is 0.184 e. The molecule has 0 aromatic heterocycles. The molecule has 1 fully saturated rings. The van der Waals surface area contributed by atoms with Gasteiger partial charge in [0.25, 0.3) is 0 Å². The molecule has 1 atom stereocenters. The molecule has 2 heterocycles. The number of piperazine rings is 1. The van der Waals surface area contributed by atoms with Crippen molar-refractivity contribution in [1.82, 2.24) is 5.32 Å². The van der Waals surface area contributed by atoms with Gasteiger partial charge in [-0.1, -0.05) is 13.0 Å². The van der Waals surface area contributed by atoms with Gasteiger partial charge in [0.2, 0.25) is 0 Å². The smallest absolute Gasteiger partial charge is 0.184 e. The Hall–Kier alpha value is -1.42. The van der Waals surface area contributed by atoms with Crippen LogP contribution in [0.5, 0.6) is 11.5 Å². The van der Waals surface area contributed by atoms with Crippen LogP contribution in [0.3, 0.4) is 0 Å². The second-order valence-electron chi connectivity index (χ2n) is 4.76. The fourth-order valence-electron chi connectivity index (χ4n) is 2.73. The fourth-order valence-corrected chi connectivity index (χ4v) is 2.73. The summed E-state index contributed by atoms with van der Waals surface area (Å²) in [6, 6.07) is 6.72. The highest BCUT2D eigenvalue weighted by Gasteiger charge is 2.26. The summed E-state index contributed by atoms with van der Waals surface area (Å²) in [4.78, 5) is 2.45. The molecular weight excluding hydrogens is 228 g/mol. The topological polar surface area (TPSA) is 33.7 Å². The lowest BCUT2D eigenvalue weighted by Gasteiger charge is -2.39. The van der Waals surface area contributed by atoms with Gasteiger partial charge < -0.3 is 19.7 Å². The van der Waals surface area contributed by atoms with Crippen LogP contribution < -0.4 is 19.7 Å². The Labute approximate surface area is 108 Å². The van der Waals surface area contributed by atoms with Crippen LogP contribution in [0.2, 0.25) is 0 Å². The monoisotopic (exact) mass is 248 g/mol. The zero-order valence-corrected chi connectivity index (χ0v) is 10.8. The van der Waals surface area contributed by atoms with E-state index < -0.39 is 0 Å². The Morgan fingerprint density at radius 1 is 1.33 bits per heavy atom. The zero-order valence-electron chi connectivity index (χ0n) is 10.8. The lowest BCUT2D eigenvalue weighted by molar-refractivity contribution is 0.171. The van der Waals surface area contributed by atoms with Crippen LogP contribution in [0.1, 0.15) is 13.3 Å². The molecule has 0 radical (unpaired) electrons. The highest BCUT2D eigenvalue weighted by atomic mass is 16.6. The van der Waals surface area contributed by atoms with E-state index in [9.17, 15) is 0 Å². The fraction of sp³-hybridized carbons (Fsp3) is 0.571. The average molecular weight is 248 g/mol. The molecule has 0 spiro atoms.